The number of halogens is 1. The Labute approximate surface area is 134 Å². The van der Waals surface area contributed by atoms with E-state index in [-0.39, 0.29) is 10.3 Å². The molecule has 0 bridgehead atoms. The maximum absolute atomic E-state index is 12.7. The number of hydrogen-bond donors (Lipinski definition) is 1. The van der Waals surface area contributed by atoms with Crippen LogP contribution < -0.4 is 5.73 Å². The molecule has 0 amide bonds. The molecule has 0 spiro atoms. The number of anilines is 1. The first-order valence-electron chi connectivity index (χ1n) is 6.42. The molecule has 0 unspecified atom stereocenters. The fraction of sp³-hybridized carbons (Fsp3) is 0.286. The number of nitrogens with two attached hydrogens (primary N) is 1. The van der Waals surface area contributed by atoms with Gasteiger partial charge >= 0.3 is 0 Å². The van der Waals surface area contributed by atoms with Gasteiger partial charge < -0.3 is 5.73 Å². The van der Waals surface area contributed by atoms with E-state index in [0.29, 0.717) is 16.6 Å². The highest BCUT2D eigenvalue weighted by Gasteiger charge is 2.28. The van der Waals surface area contributed by atoms with Crippen molar-refractivity contribution in [2.45, 2.75) is 30.6 Å². The third-order valence-electron chi connectivity index (χ3n) is 3.01. The number of thiophene rings is 1. The highest BCUT2D eigenvalue weighted by Crippen LogP contribution is 2.30. The third-order valence-corrected chi connectivity index (χ3v) is 6.73. The minimum absolute atomic E-state index is 0.159. The van der Waals surface area contributed by atoms with Crippen LogP contribution in [0.15, 0.2) is 40.6 Å². The number of hydrogen-bond acceptors (Lipinski definition) is 4. The number of sulfonamides is 1. The zero-order chi connectivity index (χ0) is 15.6. The lowest BCUT2D eigenvalue weighted by Gasteiger charge is -2.25. The Morgan fingerprint density at radius 1 is 1.19 bits per heavy atom. The predicted molar refractivity (Wildman–Crippen MR) is 88.0 cm³/mol. The number of rotatable bonds is 5. The average molecular weight is 345 g/mol. The van der Waals surface area contributed by atoms with Crippen LogP contribution in [0.25, 0.3) is 0 Å². The molecule has 21 heavy (non-hydrogen) atoms. The third kappa shape index (κ3) is 3.77. The van der Waals surface area contributed by atoms with Gasteiger partial charge in [0.25, 0.3) is 10.0 Å². The van der Waals surface area contributed by atoms with Gasteiger partial charge in [-0.05, 0) is 43.7 Å². The lowest BCUT2D eigenvalue weighted by molar-refractivity contribution is 0.349. The molecule has 0 fully saturated rings. The molecule has 114 valence electrons. The Hall–Kier alpha value is -1.08. The van der Waals surface area contributed by atoms with E-state index in [1.807, 2.05) is 26.0 Å². The first-order chi connectivity index (χ1) is 9.80. The standard InChI is InChI=1S/C14H17ClN2O2S2/c1-10(2)17(9-11-3-5-12(16)6-4-11)21(18,19)14-8-7-13(15)20-14/h3-8,10H,9,16H2,1-2H3. The van der Waals surface area contributed by atoms with Gasteiger partial charge in [0.05, 0.1) is 4.34 Å². The molecule has 0 saturated heterocycles. The summed E-state index contributed by atoms with van der Waals surface area (Å²) in [5.41, 5.74) is 7.20. The molecule has 1 aromatic heterocycles. The van der Waals surface area contributed by atoms with Gasteiger partial charge in [-0.25, -0.2) is 8.42 Å². The predicted octanol–water partition coefficient (Wildman–Crippen LogP) is 3.58. The van der Waals surface area contributed by atoms with E-state index in [1.54, 1.807) is 24.3 Å². The van der Waals surface area contributed by atoms with Crippen molar-refractivity contribution in [2.24, 2.45) is 0 Å². The maximum Gasteiger partial charge on any atom is 0.253 e. The van der Waals surface area contributed by atoms with Crippen LogP contribution in [-0.4, -0.2) is 18.8 Å². The van der Waals surface area contributed by atoms with Crippen LogP contribution in [0.4, 0.5) is 5.69 Å². The average Bonchev–Trinajstić information content (AvgIpc) is 2.85. The zero-order valence-corrected chi connectivity index (χ0v) is 14.2. The normalized spacial score (nSPS) is 12.2. The summed E-state index contributed by atoms with van der Waals surface area (Å²) in [6.45, 7) is 4.00. The quantitative estimate of drug-likeness (QED) is 0.843. The fourth-order valence-electron chi connectivity index (χ4n) is 1.90. The van der Waals surface area contributed by atoms with Gasteiger partial charge in [-0.1, -0.05) is 23.7 Å². The van der Waals surface area contributed by atoms with E-state index in [2.05, 4.69) is 0 Å². The van der Waals surface area contributed by atoms with Crippen molar-refractivity contribution in [3.8, 4) is 0 Å². The molecule has 0 aliphatic carbocycles. The molecule has 1 heterocycles. The van der Waals surface area contributed by atoms with Gasteiger partial charge in [0.2, 0.25) is 0 Å². The highest BCUT2D eigenvalue weighted by atomic mass is 35.5. The fourth-order valence-corrected chi connectivity index (χ4v) is 5.14. The Morgan fingerprint density at radius 3 is 2.29 bits per heavy atom. The van der Waals surface area contributed by atoms with Gasteiger partial charge in [-0.2, -0.15) is 4.31 Å². The van der Waals surface area contributed by atoms with Crippen molar-refractivity contribution in [1.82, 2.24) is 4.31 Å². The molecule has 1 aromatic carbocycles. The van der Waals surface area contributed by atoms with Crippen LogP contribution >= 0.6 is 22.9 Å². The molecule has 0 aliphatic rings. The molecule has 2 N–H and O–H groups in total. The van der Waals surface area contributed by atoms with Crippen LogP contribution in [-0.2, 0) is 16.6 Å². The second kappa shape index (κ2) is 6.36. The Bertz CT molecular complexity index is 709. The molecule has 0 aliphatic heterocycles. The summed E-state index contributed by atoms with van der Waals surface area (Å²) < 4.78 is 27.6. The van der Waals surface area contributed by atoms with E-state index in [0.717, 1.165) is 16.9 Å². The van der Waals surface area contributed by atoms with Crippen LogP contribution in [0.5, 0.6) is 0 Å². The number of nitrogens with zero attached hydrogens (tertiary/aromatic N) is 1. The molecular weight excluding hydrogens is 328 g/mol. The van der Waals surface area contributed by atoms with Crippen molar-refractivity contribution in [3.05, 3.63) is 46.3 Å². The van der Waals surface area contributed by atoms with Gasteiger partial charge in [-0.15, -0.1) is 11.3 Å². The van der Waals surface area contributed by atoms with Gasteiger partial charge in [-0.3, -0.25) is 0 Å². The molecule has 0 radical (unpaired) electrons. The first kappa shape index (κ1) is 16.3. The zero-order valence-electron chi connectivity index (χ0n) is 11.8. The largest absolute Gasteiger partial charge is 0.399 e. The second-order valence-corrected chi connectivity index (χ2v) is 8.78. The summed E-state index contributed by atoms with van der Waals surface area (Å²) >= 11 is 6.92. The van der Waals surface area contributed by atoms with Crippen molar-refractivity contribution >= 4 is 38.6 Å². The summed E-state index contributed by atoms with van der Waals surface area (Å²) in [4.78, 5) is 0. The van der Waals surface area contributed by atoms with Crippen LogP contribution in [0.2, 0.25) is 4.34 Å². The SMILES string of the molecule is CC(C)N(Cc1ccc(N)cc1)S(=O)(=O)c1ccc(Cl)s1. The molecule has 7 heteroatoms. The number of benzene rings is 1. The van der Waals surface area contributed by atoms with Gasteiger partial charge in [0.1, 0.15) is 4.21 Å². The van der Waals surface area contributed by atoms with Crippen LogP contribution in [0.3, 0.4) is 0 Å². The van der Waals surface area contributed by atoms with Crippen molar-refractivity contribution in [3.63, 3.8) is 0 Å². The summed E-state index contributed by atoms with van der Waals surface area (Å²) in [6, 6.07) is 10.2. The van der Waals surface area contributed by atoms with E-state index < -0.39 is 10.0 Å². The molecule has 2 aromatic rings. The smallest absolute Gasteiger partial charge is 0.253 e. The molecular formula is C14H17ClN2O2S2. The lowest BCUT2D eigenvalue weighted by Crippen LogP contribution is -2.36. The van der Waals surface area contributed by atoms with Crippen molar-refractivity contribution in [1.29, 1.82) is 0 Å². The summed E-state index contributed by atoms with van der Waals surface area (Å²) in [5, 5.41) is 0. The van der Waals surface area contributed by atoms with E-state index in [1.165, 1.54) is 4.31 Å². The van der Waals surface area contributed by atoms with Gasteiger partial charge in [0, 0.05) is 18.3 Å². The molecule has 0 atom stereocenters. The van der Waals surface area contributed by atoms with Crippen LogP contribution in [0, 0.1) is 0 Å². The number of nitrogen functional groups attached to an aromatic ring is 1. The highest BCUT2D eigenvalue weighted by molar-refractivity contribution is 7.91. The van der Waals surface area contributed by atoms with E-state index >= 15 is 0 Å². The maximum atomic E-state index is 12.7. The molecule has 4 nitrogen and oxygen atoms in total. The van der Waals surface area contributed by atoms with Crippen molar-refractivity contribution < 1.29 is 8.42 Å². The lowest BCUT2D eigenvalue weighted by atomic mass is 10.2. The Kier molecular flexibility index (Phi) is 4.93. The Balaban J connectivity index is 2.32. The monoisotopic (exact) mass is 344 g/mol. The summed E-state index contributed by atoms with van der Waals surface area (Å²) in [6.07, 6.45) is 0. The van der Waals surface area contributed by atoms with E-state index in [4.69, 9.17) is 17.3 Å². The van der Waals surface area contributed by atoms with E-state index in [9.17, 15) is 8.42 Å². The topological polar surface area (TPSA) is 63.4 Å². The molecule has 0 saturated carbocycles. The first-order valence-corrected chi connectivity index (χ1v) is 9.06. The summed E-state index contributed by atoms with van der Waals surface area (Å²) in [5.74, 6) is 0. The van der Waals surface area contributed by atoms with Crippen molar-refractivity contribution in [2.75, 3.05) is 5.73 Å². The minimum Gasteiger partial charge on any atom is -0.399 e. The Morgan fingerprint density at radius 2 is 1.81 bits per heavy atom. The molecule has 2 rings (SSSR count). The van der Waals surface area contributed by atoms with Crippen LogP contribution in [0.1, 0.15) is 19.4 Å². The second-order valence-electron chi connectivity index (χ2n) is 4.94. The van der Waals surface area contributed by atoms with Gasteiger partial charge in [0.15, 0.2) is 0 Å². The summed E-state index contributed by atoms with van der Waals surface area (Å²) in [7, 11) is -3.55. The minimum atomic E-state index is -3.55.